The molecule has 26 heavy (non-hydrogen) atoms. The van der Waals surface area contributed by atoms with Gasteiger partial charge < -0.3 is 0 Å². The van der Waals surface area contributed by atoms with E-state index in [9.17, 15) is 0 Å². The van der Waals surface area contributed by atoms with Crippen LogP contribution in [0.4, 0.5) is 0 Å². The largest absolute Gasteiger partial charge is 0.0991 e. The van der Waals surface area contributed by atoms with E-state index in [2.05, 4.69) is 25.7 Å². The maximum atomic E-state index is 3.61. The van der Waals surface area contributed by atoms with Crippen molar-refractivity contribution in [2.24, 2.45) is 0 Å². The molecule has 0 heterocycles. The molecule has 0 bridgehead atoms. The van der Waals surface area contributed by atoms with E-state index in [4.69, 9.17) is 0 Å². The van der Waals surface area contributed by atoms with Gasteiger partial charge in [0.25, 0.3) is 0 Å². The first-order valence-electron chi connectivity index (χ1n) is 8.86. The van der Waals surface area contributed by atoms with Crippen LogP contribution in [-0.4, -0.2) is 0 Å². The molecule has 0 aromatic heterocycles. The average molecular weight is 343 g/mol. The summed E-state index contributed by atoms with van der Waals surface area (Å²) in [5.41, 5.74) is 0. The van der Waals surface area contributed by atoms with Gasteiger partial charge in [-0.3, -0.25) is 0 Å². The molecule has 0 saturated heterocycles. The zero-order valence-corrected chi connectivity index (χ0v) is 15.7. The lowest BCUT2D eigenvalue weighted by molar-refractivity contribution is 1.22. The second-order valence-electron chi connectivity index (χ2n) is 4.92. The molecule has 0 unspecified atom stereocenters. The van der Waals surface area contributed by atoms with E-state index in [-0.39, 0.29) is 0 Å². The SMILES string of the molecule is C=CC=CC=CC=CC=CC=CC=CC=CC=CC=CC=CC=CCC. The topological polar surface area (TPSA) is 0 Å². The van der Waals surface area contributed by atoms with Crippen LogP contribution in [-0.2, 0) is 0 Å². The van der Waals surface area contributed by atoms with E-state index in [0.717, 1.165) is 6.42 Å². The van der Waals surface area contributed by atoms with Gasteiger partial charge in [-0.1, -0.05) is 153 Å². The monoisotopic (exact) mass is 342 g/mol. The van der Waals surface area contributed by atoms with E-state index in [0.29, 0.717) is 0 Å². The number of hydrogen-bond acceptors (Lipinski definition) is 0. The van der Waals surface area contributed by atoms with Crippen molar-refractivity contribution in [2.75, 3.05) is 0 Å². The van der Waals surface area contributed by atoms with Gasteiger partial charge in [0.1, 0.15) is 0 Å². The van der Waals surface area contributed by atoms with E-state index in [1.807, 2.05) is 122 Å². The van der Waals surface area contributed by atoms with Crippen LogP contribution in [0.5, 0.6) is 0 Å². The fourth-order valence-corrected chi connectivity index (χ4v) is 1.51. The lowest BCUT2D eigenvalue weighted by Gasteiger charge is -1.76. The number of rotatable bonds is 12. The fraction of sp³-hybridized carbons (Fsp3) is 0.0769. The molecule has 0 radical (unpaired) electrons. The third-order valence-corrected chi connectivity index (χ3v) is 2.73. The molecule has 0 aliphatic rings. The number of allylic oxidation sites excluding steroid dienone is 23. The van der Waals surface area contributed by atoms with Gasteiger partial charge in [-0.15, -0.1) is 0 Å². The Morgan fingerprint density at radius 2 is 0.615 bits per heavy atom. The first-order chi connectivity index (χ1) is 12.9. The molecule has 0 nitrogen and oxygen atoms in total. The Balaban J connectivity index is 3.92. The highest BCUT2D eigenvalue weighted by Gasteiger charge is 1.66. The normalized spacial score (nSPS) is 14.5. The molecule has 0 heteroatoms. The molecule has 0 amide bonds. The molecule has 0 aromatic rings. The van der Waals surface area contributed by atoms with Crippen LogP contribution in [0.15, 0.2) is 146 Å². The maximum absolute atomic E-state index is 3.61. The summed E-state index contributed by atoms with van der Waals surface area (Å²) in [6.45, 7) is 5.73. The standard InChI is InChI=1S/C26H30/c1-3-5-7-9-11-13-15-17-19-21-23-25-26-24-22-20-18-16-14-12-10-8-6-4-2/h3,5-26H,1,4H2,2H3. The zero-order chi connectivity index (χ0) is 19.0. The summed E-state index contributed by atoms with van der Waals surface area (Å²) in [6.07, 6.45) is 46.8. The van der Waals surface area contributed by atoms with Crippen molar-refractivity contribution in [1.82, 2.24) is 0 Å². The second-order valence-corrected chi connectivity index (χ2v) is 4.92. The molecule has 0 saturated carbocycles. The van der Waals surface area contributed by atoms with Crippen molar-refractivity contribution in [3.8, 4) is 0 Å². The van der Waals surface area contributed by atoms with Gasteiger partial charge in [-0.05, 0) is 6.42 Å². The summed E-state index contributed by atoms with van der Waals surface area (Å²) in [5.74, 6) is 0. The Morgan fingerprint density at radius 1 is 0.385 bits per heavy atom. The number of hydrogen-bond donors (Lipinski definition) is 0. The summed E-state index contributed by atoms with van der Waals surface area (Å²) in [4.78, 5) is 0. The van der Waals surface area contributed by atoms with Crippen molar-refractivity contribution >= 4 is 0 Å². The Labute approximate surface area is 160 Å². The maximum Gasteiger partial charge on any atom is -0.0376 e. The Bertz CT molecular complexity index is 648. The van der Waals surface area contributed by atoms with Gasteiger partial charge in [0.2, 0.25) is 0 Å². The molecule has 0 aromatic carbocycles. The summed E-state index contributed by atoms with van der Waals surface area (Å²) in [6, 6.07) is 0. The van der Waals surface area contributed by atoms with Gasteiger partial charge in [0, 0.05) is 0 Å². The minimum Gasteiger partial charge on any atom is -0.0991 e. The Kier molecular flexibility index (Phi) is 19.3. The summed E-state index contributed by atoms with van der Waals surface area (Å²) < 4.78 is 0. The van der Waals surface area contributed by atoms with Crippen LogP contribution in [0.3, 0.4) is 0 Å². The third-order valence-electron chi connectivity index (χ3n) is 2.73. The molecule has 0 aliphatic heterocycles. The van der Waals surface area contributed by atoms with Crippen molar-refractivity contribution < 1.29 is 0 Å². The van der Waals surface area contributed by atoms with Crippen LogP contribution in [0, 0.1) is 0 Å². The van der Waals surface area contributed by atoms with E-state index in [1.54, 1.807) is 6.08 Å². The summed E-state index contributed by atoms with van der Waals surface area (Å²) >= 11 is 0. The molecule has 0 aliphatic carbocycles. The van der Waals surface area contributed by atoms with Crippen LogP contribution >= 0.6 is 0 Å². The molecule has 0 spiro atoms. The summed E-state index contributed by atoms with van der Waals surface area (Å²) in [7, 11) is 0. The molecule has 0 rings (SSSR count). The molecule has 134 valence electrons. The van der Waals surface area contributed by atoms with Gasteiger partial charge in [-0.2, -0.15) is 0 Å². The zero-order valence-electron chi connectivity index (χ0n) is 15.7. The van der Waals surface area contributed by atoms with Crippen molar-refractivity contribution in [1.29, 1.82) is 0 Å². The van der Waals surface area contributed by atoms with E-state index < -0.39 is 0 Å². The molecular formula is C26H30. The predicted molar refractivity (Wildman–Crippen MR) is 121 cm³/mol. The highest BCUT2D eigenvalue weighted by molar-refractivity contribution is 5.23. The lowest BCUT2D eigenvalue weighted by atomic mass is 10.3. The average Bonchev–Trinajstić information content (AvgIpc) is 2.66. The molecule has 0 N–H and O–H groups in total. The van der Waals surface area contributed by atoms with Gasteiger partial charge >= 0.3 is 0 Å². The van der Waals surface area contributed by atoms with Crippen molar-refractivity contribution in [2.45, 2.75) is 13.3 Å². The van der Waals surface area contributed by atoms with Crippen molar-refractivity contribution in [3.05, 3.63) is 146 Å². The molecule has 0 atom stereocenters. The predicted octanol–water partition coefficient (Wildman–Crippen LogP) is 7.70. The van der Waals surface area contributed by atoms with Gasteiger partial charge in [0.15, 0.2) is 0 Å². The van der Waals surface area contributed by atoms with Crippen LogP contribution in [0.2, 0.25) is 0 Å². The first kappa shape index (κ1) is 22.9. The Hall–Kier alpha value is -3.12. The van der Waals surface area contributed by atoms with Gasteiger partial charge in [-0.25, -0.2) is 0 Å². The second kappa shape index (κ2) is 21.9. The molecular weight excluding hydrogens is 312 g/mol. The van der Waals surface area contributed by atoms with Crippen LogP contribution in [0.25, 0.3) is 0 Å². The minimum absolute atomic E-state index is 1.07. The Morgan fingerprint density at radius 3 is 0.846 bits per heavy atom. The van der Waals surface area contributed by atoms with E-state index >= 15 is 0 Å². The summed E-state index contributed by atoms with van der Waals surface area (Å²) in [5, 5.41) is 0. The van der Waals surface area contributed by atoms with Gasteiger partial charge in [0.05, 0.1) is 0 Å². The quantitative estimate of drug-likeness (QED) is 0.319. The van der Waals surface area contributed by atoms with Crippen molar-refractivity contribution in [3.63, 3.8) is 0 Å². The lowest BCUT2D eigenvalue weighted by Crippen LogP contribution is -1.54. The highest BCUT2D eigenvalue weighted by Crippen LogP contribution is 1.87. The van der Waals surface area contributed by atoms with E-state index in [1.165, 1.54) is 0 Å². The first-order valence-corrected chi connectivity index (χ1v) is 8.86. The molecule has 0 fully saturated rings. The smallest absolute Gasteiger partial charge is 0.0376 e. The van der Waals surface area contributed by atoms with Crippen LogP contribution < -0.4 is 0 Å². The fourth-order valence-electron chi connectivity index (χ4n) is 1.51. The minimum atomic E-state index is 1.07. The third kappa shape index (κ3) is 20.9. The highest BCUT2D eigenvalue weighted by atomic mass is 13.7. The van der Waals surface area contributed by atoms with Crippen LogP contribution in [0.1, 0.15) is 13.3 Å².